The monoisotopic (exact) mass is 562 g/mol. The molecular weight excluding hydrogens is 539 g/mol. The highest BCUT2D eigenvalue weighted by Gasteiger charge is 2.34. The van der Waals surface area contributed by atoms with Gasteiger partial charge in [-0.2, -0.15) is 0 Å². The number of ketones is 1. The van der Waals surface area contributed by atoms with Gasteiger partial charge in [0.15, 0.2) is 17.4 Å². The average molecular weight is 563 g/mol. The summed E-state index contributed by atoms with van der Waals surface area (Å²) in [5, 5.41) is 2.71. The molecule has 2 N–H and O–H groups in total. The Kier molecular flexibility index (Phi) is 7.44. The van der Waals surface area contributed by atoms with Crippen molar-refractivity contribution in [2.24, 2.45) is 16.8 Å². The number of aromatic nitrogens is 1. The van der Waals surface area contributed by atoms with E-state index >= 15 is 0 Å². The predicted molar refractivity (Wildman–Crippen MR) is 147 cm³/mol. The molecule has 0 atom stereocenters. The lowest BCUT2D eigenvalue weighted by Crippen LogP contribution is -2.32. The van der Waals surface area contributed by atoms with Gasteiger partial charge in [0.25, 0.3) is 0 Å². The smallest absolute Gasteiger partial charge is 0.318 e. The summed E-state index contributed by atoms with van der Waals surface area (Å²) in [7, 11) is 0. The number of hydrogen-bond acceptors (Lipinski definition) is 7. The number of anilines is 2. The number of nitroso groups, excluding NO2 is 1. The van der Waals surface area contributed by atoms with E-state index < -0.39 is 11.7 Å². The number of ether oxygens (including phenoxy) is 1. The Labute approximate surface area is 233 Å². The van der Waals surface area contributed by atoms with E-state index in [1.807, 2.05) is 19.1 Å². The van der Waals surface area contributed by atoms with Crippen molar-refractivity contribution >= 4 is 46.4 Å². The zero-order valence-electron chi connectivity index (χ0n) is 21.4. The van der Waals surface area contributed by atoms with Crippen LogP contribution in [0.1, 0.15) is 46.3 Å². The molecule has 204 valence electrons. The van der Waals surface area contributed by atoms with Gasteiger partial charge in [-0.3, -0.25) is 19.3 Å². The van der Waals surface area contributed by atoms with Crippen molar-refractivity contribution in [3.63, 3.8) is 0 Å². The van der Waals surface area contributed by atoms with Gasteiger partial charge in [-0.05, 0) is 67.6 Å². The molecule has 2 amide bonds. The minimum atomic E-state index is -1.16. The van der Waals surface area contributed by atoms with Crippen molar-refractivity contribution in [1.82, 2.24) is 4.98 Å². The molecule has 1 fully saturated rings. The number of hydrogen-bond donors (Lipinski definition) is 1. The lowest BCUT2D eigenvalue weighted by Gasteiger charge is -2.29. The Morgan fingerprint density at radius 3 is 2.65 bits per heavy atom. The minimum Gasteiger partial charge on any atom is -0.489 e. The highest BCUT2D eigenvalue weighted by Crippen LogP contribution is 2.38. The number of nitrogens with zero attached hydrogens (tertiary/aromatic N) is 3. The second-order valence-electron chi connectivity index (χ2n) is 9.70. The summed E-state index contributed by atoms with van der Waals surface area (Å²) in [5.74, 6) is -2.52. The van der Waals surface area contributed by atoms with Gasteiger partial charge < -0.3 is 10.5 Å². The van der Waals surface area contributed by atoms with Crippen molar-refractivity contribution in [1.29, 1.82) is 0 Å². The van der Waals surface area contributed by atoms with Crippen LogP contribution < -0.4 is 15.4 Å². The van der Waals surface area contributed by atoms with Gasteiger partial charge in [0.1, 0.15) is 12.4 Å². The predicted octanol–water partition coefficient (Wildman–Crippen LogP) is 5.43. The van der Waals surface area contributed by atoms with E-state index in [-0.39, 0.29) is 47.7 Å². The summed E-state index contributed by atoms with van der Waals surface area (Å²) in [5.41, 5.74) is 9.34. The molecule has 2 heterocycles. The van der Waals surface area contributed by atoms with Gasteiger partial charge in [0.05, 0.1) is 27.5 Å². The molecule has 40 heavy (non-hydrogen) atoms. The highest BCUT2D eigenvalue weighted by atomic mass is 35.5. The Morgan fingerprint density at radius 2 is 1.98 bits per heavy atom. The van der Waals surface area contributed by atoms with Gasteiger partial charge in [-0.15, -0.1) is 4.91 Å². The van der Waals surface area contributed by atoms with E-state index in [2.05, 4.69) is 10.2 Å². The van der Waals surface area contributed by atoms with Crippen LogP contribution in [0.3, 0.4) is 0 Å². The molecule has 1 aliphatic heterocycles. The number of halogens is 2. The fraction of sp³-hybridized carbons (Fsp3) is 0.241. The van der Waals surface area contributed by atoms with Crippen LogP contribution in [0.4, 0.5) is 15.9 Å². The normalized spacial score (nSPS) is 15.3. The van der Waals surface area contributed by atoms with Crippen LogP contribution in [-0.2, 0) is 16.0 Å². The van der Waals surface area contributed by atoms with E-state index in [9.17, 15) is 23.7 Å². The van der Waals surface area contributed by atoms with Gasteiger partial charge >= 0.3 is 5.91 Å². The van der Waals surface area contributed by atoms with Crippen LogP contribution in [0.5, 0.6) is 5.75 Å². The van der Waals surface area contributed by atoms with Crippen LogP contribution in [0.25, 0.3) is 5.70 Å². The highest BCUT2D eigenvalue weighted by molar-refractivity contribution is 6.32. The first kappa shape index (κ1) is 27.1. The number of aryl methyl sites for hydroxylation is 2. The number of fused-ring (bicyclic) bond motifs is 1. The molecule has 0 radical (unpaired) electrons. The first-order chi connectivity index (χ1) is 19.2. The van der Waals surface area contributed by atoms with Crippen LogP contribution in [0.2, 0.25) is 5.02 Å². The van der Waals surface area contributed by atoms with Crippen molar-refractivity contribution in [2.45, 2.75) is 32.6 Å². The van der Waals surface area contributed by atoms with Crippen molar-refractivity contribution in [3.05, 3.63) is 92.2 Å². The zero-order chi connectivity index (χ0) is 28.6. The van der Waals surface area contributed by atoms with Crippen LogP contribution in [0.15, 0.2) is 59.4 Å². The quantitative estimate of drug-likeness (QED) is 0.286. The first-order valence-electron chi connectivity index (χ1n) is 12.6. The summed E-state index contributed by atoms with van der Waals surface area (Å²) < 4.78 is 20.9. The van der Waals surface area contributed by atoms with E-state index in [1.165, 1.54) is 0 Å². The summed E-state index contributed by atoms with van der Waals surface area (Å²) in [6, 6.07) is 11.1. The molecule has 1 aliphatic carbocycles. The molecule has 9 nitrogen and oxygen atoms in total. The fourth-order valence-corrected chi connectivity index (χ4v) is 5.03. The standard InChI is InChI=1S/C29H24ClFN4O5/c1-15-3-2-4-21(30)25(15)26(32)20(27(37)16-5-6-16)14-40-19-8-9-23-17(11-19)7-10-24(36)35(23)28-22(31)12-18(13-33-28)29(38)34-39/h2-4,8-9,11-13,16H,5-7,10,14,32H2,1H3. The van der Waals surface area contributed by atoms with Gasteiger partial charge in [0, 0.05) is 29.3 Å². The Bertz CT molecular complexity index is 1580. The third-order valence-electron chi connectivity index (χ3n) is 6.96. The molecule has 1 saturated carbocycles. The van der Waals surface area contributed by atoms with Gasteiger partial charge in [-0.1, -0.05) is 23.7 Å². The molecule has 2 aliphatic rings. The van der Waals surface area contributed by atoms with Crippen molar-refractivity contribution in [3.8, 4) is 5.75 Å². The van der Waals surface area contributed by atoms with Gasteiger partial charge in [0.2, 0.25) is 5.91 Å². The molecule has 3 aromatic rings. The number of rotatable bonds is 8. The van der Waals surface area contributed by atoms with E-state index in [1.54, 1.807) is 24.3 Å². The largest absolute Gasteiger partial charge is 0.489 e. The summed E-state index contributed by atoms with van der Waals surface area (Å²) >= 11 is 6.42. The Balaban J connectivity index is 1.44. The maximum atomic E-state index is 14.9. The van der Waals surface area contributed by atoms with Crippen LogP contribution >= 0.6 is 11.6 Å². The van der Waals surface area contributed by atoms with Crippen LogP contribution in [0, 0.1) is 23.6 Å². The molecule has 0 unspecified atom stereocenters. The molecule has 0 spiro atoms. The molecular formula is C29H24ClFN4O5. The SMILES string of the molecule is Cc1cccc(Cl)c1C(N)=C(COc1ccc2c(c1)CCC(=O)N2c1ncc(C(=O)N=O)cc1F)C(=O)C1CC1. The number of pyridine rings is 1. The number of amides is 2. The summed E-state index contributed by atoms with van der Waals surface area (Å²) in [6.07, 6.45) is 3.05. The number of benzene rings is 2. The molecule has 5 rings (SSSR count). The van der Waals surface area contributed by atoms with Crippen molar-refractivity contribution < 1.29 is 23.5 Å². The number of Topliss-reactive ketones (excluding diaryl/α,β-unsaturated/α-hetero) is 1. The summed E-state index contributed by atoms with van der Waals surface area (Å²) in [4.78, 5) is 53.0. The van der Waals surface area contributed by atoms with Gasteiger partial charge in [-0.25, -0.2) is 9.37 Å². The maximum Gasteiger partial charge on any atom is 0.318 e. The molecule has 11 heteroatoms. The molecule has 1 aromatic heterocycles. The lowest BCUT2D eigenvalue weighted by atomic mass is 9.98. The fourth-order valence-electron chi connectivity index (χ4n) is 4.71. The topological polar surface area (TPSA) is 132 Å². The maximum absolute atomic E-state index is 14.9. The summed E-state index contributed by atoms with van der Waals surface area (Å²) in [6.45, 7) is 1.79. The van der Waals surface area contributed by atoms with E-state index in [0.717, 1.165) is 35.6 Å². The Morgan fingerprint density at radius 1 is 1.20 bits per heavy atom. The van der Waals surface area contributed by atoms with Crippen molar-refractivity contribution in [2.75, 3.05) is 11.5 Å². The number of carbonyl (C=O) groups is 3. The molecule has 0 bridgehead atoms. The zero-order valence-corrected chi connectivity index (χ0v) is 22.2. The lowest BCUT2D eigenvalue weighted by molar-refractivity contribution is -0.118. The second kappa shape index (κ2) is 11.0. The molecule has 0 saturated heterocycles. The third kappa shape index (κ3) is 5.22. The van der Waals surface area contributed by atoms with E-state index in [0.29, 0.717) is 39.6 Å². The number of carbonyl (C=O) groups excluding carboxylic acids is 3. The minimum absolute atomic E-state index is 0.0696. The second-order valence-corrected chi connectivity index (χ2v) is 10.1. The third-order valence-corrected chi connectivity index (χ3v) is 7.27. The van der Waals surface area contributed by atoms with Crippen LogP contribution in [-0.4, -0.2) is 29.2 Å². The first-order valence-corrected chi connectivity index (χ1v) is 13.0. The van der Waals surface area contributed by atoms with E-state index in [4.69, 9.17) is 22.1 Å². The average Bonchev–Trinajstić information content (AvgIpc) is 3.79. The number of nitrogens with two attached hydrogens (primary N) is 1. The molecule has 2 aromatic carbocycles. The Hall–Kier alpha value is -4.44.